The zero-order valence-corrected chi connectivity index (χ0v) is 18.3. The molecule has 2 aromatic rings. The summed E-state index contributed by atoms with van der Waals surface area (Å²) in [6.45, 7) is 7.35. The minimum atomic E-state index is -0.665. The standard InChI is InChI=1S/C25H29NO5/c1-4-7-16-26-22(17-8-12-19(13-9-17)30-5-2)21(24(28)25(26)29)23(27)18-10-14-20(15-11-18)31-6-3/h8-15,22,27H,4-7,16H2,1-3H3/b23-21-. The smallest absolute Gasteiger partial charge is 0.295 e. The van der Waals surface area contributed by atoms with E-state index in [2.05, 4.69) is 0 Å². The minimum Gasteiger partial charge on any atom is -0.507 e. The van der Waals surface area contributed by atoms with Crippen molar-refractivity contribution in [1.82, 2.24) is 4.90 Å². The van der Waals surface area contributed by atoms with Gasteiger partial charge in [-0.3, -0.25) is 9.59 Å². The summed E-state index contributed by atoms with van der Waals surface area (Å²) < 4.78 is 11.0. The van der Waals surface area contributed by atoms with E-state index in [4.69, 9.17) is 9.47 Å². The SMILES string of the molecule is CCCCN1C(=O)C(=O)/C(=C(\O)c2ccc(OCC)cc2)C1c1ccc(OCC)cc1. The first-order valence-electron chi connectivity index (χ1n) is 10.8. The third kappa shape index (κ3) is 4.74. The van der Waals surface area contributed by atoms with Crippen LogP contribution in [0.15, 0.2) is 54.1 Å². The first-order chi connectivity index (χ1) is 15.0. The zero-order chi connectivity index (χ0) is 22.4. The number of carbonyl (C=O) groups excluding carboxylic acids is 2. The molecule has 1 heterocycles. The number of benzene rings is 2. The number of unbranched alkanes of at least 4 members (excludes halogenated alkanes) is 1. The molecular weight excluding hydrogens is 394 g/mol. The molecule has 2 aromatic carbocycles. The lowest BCUT2D eigenvalue weighted by atomic mass is 9.95. The van der Waals surface area contributed by atoms with Gasteiger partial charge >= 0.3 is 0 Å². The van der Waals surface area contributed by atoms with Crippen molar-refractivity contribution in [1.29, 1.82) is 0 Å². The van der Waals surface area contributed by atoms with Crippen LogP contribution in [0, 0.1) is 0 Å². The predicted molar refractivity (Wildman–Crippen MR) is 119 cm³/mol. The summed E-state index contributed by atoms with van der Waals surface area (Å²) in [5, 5.41) is 11.1. The first kappa shape index (κ1) is 22.4. The van der Waals surface area contributed by atoms with Crippen LogP contribution in [0.4, 0.5) is 0 Å². The molecule has 3 rings (SSSR count). The van der Waals surface area contributed by atoms with Crippen LogP contribution < -0.4 is 9.47 Å². The van der Waals surface area contributed by atoms with Crippen molar-refractivity contribution in [3.8, 4) is 11.5 Å². The monoisotopic (exact) mass is 423 g/mol. The quantitative estimate of drug-likeness (QED) is 0.359. The predicted octanol–water partition coefficient (Wildman–Crippen LogP) is 4.71. The van der Waals surface area contributed by atoms with Gasteiger partial charge in [-0.2, -0.15) is 0 Å². The van der Waals surface area contributed by atoms with E-state index < -0.39 is 17.7 Å². The molecular formula is C25H29NO5. The van der Waals surface area contributed by atoms with Gasteiger partial charge in [-0.25, -0.2) is 0 Å². The van der Waals surface area contributed by atoms with Gasteiger partial charge in [-0.05, 0) is 62.2 Å². The van der Waals surface area contributed by atoms with E-state index in [1.54, 1.807) is 29.2 Å². The highest BCUT2D eigenvalue weighted by molar-refractivity contribution is 6.46. The summed E-state index contributed by atoms with van der Waals surface area (Å²) in [5.74, 6) is -0.0470. The number of ether oxygens (including phenoxy) is 2. The molecule has 31 heavy (non-hydrogen) atoms. The van der Waals surface area contributed by atoms with Crippen molar-refractivity contribution in [2.45, 2.75) is 39.7 Å². The van der Waals surface area contributed by atoms with E-state index in [-0.39, 0.29) is 11.3 Å². The van der Waals surface area contributed by atoms with Crippen molar-refractivity contribution in [3.05, 3.63) is 65.2 Å². The van der Waals surface area contributed by atoms with E-state index >= 15 is 0 Å². The number of hydrogen-bond acceptors (Lipinski definition) is 5. The van der Waals surface area contributed by atoms with Crippen molar-refractivity contribution < 1.29 is 24.2 Å². The number of aliphatic hydroxyl groups excluding tert-OH is 1. The van der Waals surface area contributed by atoms with Gasteiger partial charge in [0.05, 0.1) is 24.8 Å². The summed E-state index contributed by atoms with van der Waals surface area (Å²) in [7, 11) is 0. The van der Waals surface area contributed by atoms with E-state index in [1.165, 1.54) is 0 Å². The molecule has 1 amide bonds. The van der Waals surface area contributed by atoms with E-state index in [1.807, 2.05) is 45.0 Å². The van der Waals surface area contributed by atoms with Crippen LogP contribution in [-0.4, -0.2) is 41.5 Å². The Balaban J connectivity index is 2.06. The van der Waals surface area contributed by atoms with Gasteiger partial charge in [0.25, 0.3) is 11.7 Å². The molecule has 0 radical (unpaired) electrons. The van der Waals surface area contributed by atoms with E-state index in [0.29, 0.717) is 36.8 Å². The Hall–Kier alpha value is -3.28. The van der Waals surface area contributed by atoms with Crippen molar-refractivity contribution >= 4 is 17.4 Å². The molecule has 6 heteroatoms. The second-order valence-corrected chi connectivity index (χ2v) is 7.31. The molecule has 1 saturated heterocycles. The molecule has 1 aliphatic heterocycles. The van der Waals surface area contributed by atoms with Crippen LogP contribution >= 0.6 is 0 Å². The fourth-order valence-corrected chi connectivity index (χ4v) is 3.73. The first-order valence-corrected chi connectivity index (χ1v) is 10.8. The second kappa shape index (κ2) is 10.2. The van der Waals surface area contributed by atoms with Crippen LogP contribution in [-0.2, 0) is 9.59 Å². The molecule has 1 N–H and O–H groups in total. The van der Waals surface area contributed by atoms with E-state index in [0.717, 1.165) is 18.4 Å². The lowest BCUT2D eigenvalue weighted by molar-refractivity contribution is -0.139. The van der Waals surface area contributed by atoms with Crippen LogP contribution in [0.5, 0.6) is 11.5 Å². The Labute approximate surface area is 183 Å². The Morgan fingerprint density at radius 2 is 1.45 bits per heavy atom. The number of hydrogen-bond donors (Lipinski definition) is 1. The third-order valence-electron chi connectivity index (χ3n) is 5.24. The van der Waals surface area contributed by atoms with Crippen LogP contribution in [0.2, 0.25) is 0 Å². The lowest BCUT2D eigenvalue weighted by Crippen LogP contribution is -2.30. The number of carbonyl (C=O) groups is 2. The number of Topliss-reactive ketones (excluding diaryl/α,β-unsaturated/α-hetero) is 1. The molecule has 0 aromatic heterocycles. The van der Waals surface area contributed by atoms with Crippen molar-refractivity contribution in [3.63, 3.8) is 0 Å². The van der Waals surface area contributed by atoms with Gasteiger partial charge in [0, 0.05) is 12.1 Å². The number of aliphatic hydroxyl groups is 1. The normalized spacial score (nSPS) is 17.8. The maximum absolute atomic E-state index is 13.0. The molecule has 1 unspecified atom stereocenters. The maximum Gasteiger partial charge on any atom is 0.295 e. The average Bonchev–Trinajstić information content (AvgIpc) is 3.03. The molecule has 0 aliphatic carbocycles. The number of ketones is 1. The highest BCUT2D eigenvalue weighted by Gasteiger charge is 2.45. The molecule has 164 valence electrons. The summed E-state index contributed by atoms with van der Waals surface area (Å²) in [5.41, 5.74) is 1.33. The summed E-state index contributed by atoms with van der Waals surface area (Å²) >= 11 is 0. The Bertz CT molecular complexity index is 947. The van der Waals surface area contributed by atoms with Gasteiger partial charge in [0.1, 0.15) is 17.3 Å². The topological polar surface area (TPSA) is 76.1 Å². The van der Waals surface area contributed by atoms with Crippen LogP contribution in [0.25, 0.3) is 5.76 Å². The number of rotatable bonds is 9. The summed E-state index contributed by atoms with van der Waals surface area (Å²) in [6, 6.07) is 13.5. The molecule has 1 atom stereocenters. The van der Waals surface area contributed by atoms with Crippen molar-refractivity contribution in [2.75, 3.05) is 19.8 Å². The zero-order valence-electron chi connectivity index (χ0n) is 18.3. The molecule has 0 spiro atoms. The maximum atomic E-state index is 13.0. The minimum absolute atomic E-state index is 0.106. The Kier molecular flexibility index (Phi) is 7.34. The fourth-order valence-electron chi connectivity index (χ4n) is 3.73. The third-order valence-corrected chi connectivity index (χ3v) is 5.24. The molecule has 6 nitrogen and oxygen atoms in total. The van der Waals surface area contributed by atoms with Gasteiger partial charge in [-0.1, -0.05) is 25.5 Å². The molecule has 1 aliphatic rings. The fraction of sp³-hybridized carbons (Fsp3) is 0.360. The highest BCUT2D eigenvalue weighted by atomic mass is 16.5. The second-order valence-electron chi connectivity index (χ2n) is 7.31. The van der Waals surface area contributed by atoms with Gasteiger partial charge in [0.15, 0.2) is 0 Å². The molecule has 0 saturated carbocycles. The van der Waals surface area contributed by atoms with Gasteiger partial charge in [0.2, 0.25) is 0 Å². The van der Waals surface area contributed by atoms with Crippen LogP contribution in [0.3, 0.4) is 0 Å². The average molecular weight is 424 g/mol. The van der Waals surface area contributed by atoms with E-state index in [9.17, 15) is 14.7 Å². The van der Waals surface area contributed by atoms with Crippen LogP contribution in [0.1, 0.15) is 50.8 Å². The lowest BCUT2D eigenvalue weighted by Gasteiger charge is -2.25. The summed E-state index contributed by atoms with van der Waals surface area (Å²) in [6.07, 6.45) is 1.65. The molecule has 0 bridgehead atoms. The summed E-state index contributed by atoms with van der Waals surface area (Å²) in [4.78, 5) is 27.4. The highest BCUT2D eigenvalue weighted by Crippen LogP contribution is 2.40. The largest absolute Gasteiger partial charge is 0.507 e. The number of likely N-dealkylation sites (tertiary alicyclic amines) is 1. The Morgan fingerprint density at radius 3 is 1.97 bits per heavy atom. The number of nitrogens with zero attached hydrogens (tertiary/aromatic N) is 1. The van der Waals surface area contributed by atoms with Crippen molar-refractivity contribution in [2.24, 2.45) is 0 Å². The Morgan fingerprint density at radius 1 is 0.903 bits per heavy atom. The number of amides is 1. The molecule has 1 fully saturated rings. The van der Waals surface area contributed by atoms with Gasteiger partial charge in [-0.15, -0.1) is 0 Å². The van der Waals surface area contributed by atoms with Gasteiger partial charge < -0.3 is 19.5 Å².